The van der Waals surface area contributed by atoms with Gasteiger partial charge in [0.05, 0.1) is 0 Å². The molecule has 1 heterocycles. The summed E-state index contributed by atoms with van der Waals surface area (Å²) < 4.78 is 0. The number of hydrogen-bond acceptors (Lipinski definition) is 2. The van der Waals surface area contributed by atoms with Gasteiger partial charge in [0.1, 0.15) is 0 Å². The van der Waals surface area contributed by atoms with Crippen molar-refractivity contribution in [2.24, 2.45) is 0 Å². The molecule has 2 nitrogen and oxygen atoms in total. The molecule has 1 aliphatic heterocycles. The van der Waals surface area contributed by atoms with Gasteiger partial charge in [-0.05, 0) is 18.2 Å². The molecule has 0 N–H and O–H groups in total. The molecular weight excluding hydrogens is 206 g/mol. The van der Waals surface area contributed by atoms with Gasteiger partial charge in [0.15, 0.2) is 0 Å². The van der Waals surface area contributed by atoms with Crippen LogP contribution in [-0.2, 0) is 0 Å². The van der Waals surface area contributed by atoms with E-state index < -0.39 is 0 Å². The average molecular weight is 219 g/mol. The zero-order valence-corrected chi connectivity index (χ0v) is 9.33. The van der Waals surface area contributed by atoms with E-state index in [0.29, 0.717) is 6.54 Å². The van der Waals surface area contributed by atoms with Crippen LogP contribution in [0.3, 0.4) is 0 Å². The molecular formula is C12H13NOS. The molecule has 0 unspecified atom stereocenters. The Labute approximate surface area is 95.0 Å². The van der Waals surface area contributed by atoms with Crippen LogP contribution in [0.2, 0.25) is 0 Å². The molecule has 0 bridgehead atoms. The maximum Gasteiger partial charge on any atom is 0.258 e. The van der Waals surface area contributed by atoms with E-state index in [4.69, 9.17) is 0 Å². The van der Waals surface area contributed by atoms with Crippen LogP contribution in [0.1, 0.15) is 22.3 Å². The quantitative estimate of drug-likeness (QED) is 0.774. The smallest absolute Gasteiger partial charge is 0.258 e. The molecule has 1 aliphatic rings. The Morgan fingerprint density at radius 2 is 1.93 bits per heavy atom. The van der Waals surface area contributed by atoms with Crippen molar-refractivity contribution in [1.29, 1.82) is 0 Å². The summed E-state index contributed by atoms with van der Waals surface area (Å²) in [6.07, 6.45) is 0.891. The number of nitrogens with zero attached hydrogens (tertiary/aromatic N) is 1. The molecule has 0 radical (unpaired) electrons. The maximum absolute atomic E-state index is 12.0. The third kappa shape index (κ3) is 1.67. The third-order valence-electron chi connectivity index (χ3n) is 2.58. The van der Waals surface area contributed by atoms with Crippen molar-refractivity contribution >= 4 is 24.2 Å². The predicted molar refractivity (Wildman–Crippen MR) is 65.0 cm³/mol. The summed E-state index contributed by atoms with van der Waals surface area (Å²) in [7, 11) is 0. The van der Waals surface area contributed by atoms with Crippen LogP contribution in [0, 0.1) is 0 Å². The molecule has 2 rings (SSSR count). The zero-order valence-electron chi connectivity index (χ0n) is 8.44. The molecule has 15 heavy (non-hydrogen) atoms. The molecule has 0 atom stereocenters. The SMILES string of the molecule is C=C1c2ccccc2C(=O)N1CCCS. The average Bonchev–Trinajstić information content (AvgIpc) is 2.51. The molecule has 0 spiro atoms. The lowest BCUT2D eigenvalue weighted by Gasteiger charge is -2.16. The van der Waals surface area contributed by atoms with Gasteiger partial charge in [-0.15, -0.1) is 0 Å². The van der Waals surface area contributed by atoms with Gasteiger partial charge in [-0.1, -0.05) is 24.8 Å². The first-order valence-corrected chi connectivity index (χ1v) is 5.60. The van der Waals surface area contributed by atoms with Crippen LogP contribution in [0.4, 0.5) is 0 Å². The molecule has 0 fully saturated rings. The Bertz CT molecular complexity index is 379. The van der Waals surface area contributed by atoms with E-state index >= 15 is 0 Å². The predicted octanol–water partition coefficient (Wildman–Crippen LogP) is 2.43. The fraction of sp³-hybridized carbons (Fsp3) is 0.250. The lowest BCUT2D eigenvalue weighted by Crippen LogP contribution is -2.24. The van der Waals surface area contributed by atoms with Crippen molar-refractivity contribution < 1.29 is 4.79 Å². The van der Waals surface area contributed by atoms with E-state index in [1.807, 2.05) is 24.3 Å². The Hall–Kier alpha value is -1.22. The monoisotopic (exact) mass is 219 g/mol. The van der Waals surface area contributed by atoms with E-state index in [0.717, 1.165) is 29.0 Å². The first-order chi connectivity index (χ1) is 7.25. The summed E-state index contributed by atoms with van der Waals surface area (Å²) in [5.41, 5.74) is 2.54. The van der Waals surface area contributed by atoms with E-state index in [-0.39, 0.29) is 5.91 Å². The summed E-state index contributed by atoms with van der Waals surface area (Å²) in [5, 5.41) is 0. The van der Waals surface area contributed by atoms with Crippen molar-refractivity contribution in [3.05, 3.63) is 42.0 Å². The summed E-state index contributed by atoms with van der Waals surface area (Å²) in [5.74, 6) is 0.852. The van der Waals surface area contributed by atoms with Crippen molar-refractivity contribution in [3.63, 3.8) is 0 Å². The molecule has 0 saturated heterocycles. The Kier molecular flexibility index (Phi) is 2.82. The molecule has 1 aromatic carbocycles. The lowest BCUT2D eigenvalue weighted by molar-refractivity contribution is 0.0851. The third-order valence-corrected chi connectivity index (χ3v) is 2.90. The van der Waals surface area contributed by atoms with Crippen LogP contribution in [0.25, 0.3) is 5.70 Å². The normalized spacial score (nSPS) is 14.6. The van der Waals surface area contributed by atoms with Crippen molar-refractivity contribution in [3.8, 4) is 0 Å². The summed E-state index contributed by atoms with van der Waals surface area (Å²) >= 11 is 4.15. The van der Waals surface area contributed by atoms with Crippen molar-refractivity contribution in [2.45, 2.75) is 6.42 Å². The second kappa shape index (κ2) is 4.11. The van der Waals surface area contributed by atoms with Crippen LogP contribution < -0.4 is 0 Å². The summed E-state index contributed by atoms with van der Waals surface area (Å²) in [4.78, 5) is 13.7. The summed E-state index contributed by atoms with van der Waals surface area (Å²) in [6, 6.07) is 7.60. The number of amides is 1. The molecule has 1 amide bonds. The number of hydrogen-bond donors (Lipinski definition) is 1. The Balaban J connectivity index is 2.29. The van der Waals surface area contributed by atoms with Gasteiger partial charge >= 0.3 is 0 Å². The molecule has 78 valence electrons. The van der Waals surface area contributed by atoms with Crippen LogP contribution in [0.15, 0.2) is 30.8 Å². The number of thiol groups is 1. The van der Waals surface area contributed by atoms with Gasteiger partial charge in [0.2, 0.25) is 0 Å². The van der Waals surface area contributed by atoms with E-state index in [1.165, 1.54) is 0 Å². The molecule has 0 aromatic heterocycles. The fourth-order valence-corrected chi connectivity index (χ4v) is 1.94. The second-order valence-electron chi connectivity index (χ2n) is 3.53. The van der Waals surface area contributed by atoms with Gasteiger partial charge in [0.25, 0.3) is 5.91 Å². The van der Waals surface area contributed by atoms with Gasteiger partial charge in [-0.25, -0.2) is 0 Å². The number of rotatable bonds is 3. The van der Waals surface area contributed by atoms with Gasteiger partial charge in [-0.3, -0.25) is 4.79 Å². The van der Waals surface area contributed by atoms with Gasteiger partial charge in [0, 0.05) is 23.4 Å². The standard InChI is InChI=1S/C12H13NOS/c1-9-10-5-2-3-6-11(10)12(14)13(9)7-4-8-15/h2-3,5-6,15H,1,4,7-8H2. The Morgan fingerprint density at radius 3 is 2.53 bits per heavy atom. The van der Waals surface area contributed by atoms with Crippen LogP contribution in [-0.4, -0.2) is 23.1 Å². The van der Waals surface area contributed by atoms with Crippen molar-refractivity contribution in [2.75, 3.05) is 12.3 Å². The number of carbonyl (C=O) groups is 1. The van der Waals surface area contributed by atoms with E-state index in [1.54, 1.807) is 4.90 Å². The second-order valence-corrected chi connectivity index (χ2v) is 3.97. The van der Waals surface area contributed by atoms with Gasteiger partial charge < -0.3 is 4.90 Å². The number of benzene rings is 1. The number of fused-ring (bicyclic) bond motifs is 1. The van der Waals surface area contributed by atoms with Crippen LogP contribution in [0.5, 0.6) is 0 Å². The Morgan fingerprint density at radius 1 is 1.27 bits per heavy atom. The van der Waals surface area contributed by atoms with Crippen LogP contribution >= 0.6 is 12.6 Å². The number of carbonyl (C=O) groups excluding carboxylic acids is 1. The molecule has 1 aromatic rings. The minimum absolute atomic E-state index is 0.0670. The lowest BCUT2D eigenvalue weighted by atomic mass is 10.1. The topological polar surface area (TPSA) is 20.3 Å². The highest BCUT2D eigenvalue weighted by molar-refractivity contribution is 7.80. The zero-order chi connectivity index (χ0) is 10.8. The first-order valence-electron chi connectivity index (χ1n) is 4.96. The highest BCUT2D eigenvalue weighted by Gasteiger charge is 2.29. The molecule has 0 aliphatic carbocycles. The molecule has 3 heteroatoms. The van der Waals surface area contributed by atoms with Gasteiger partial charge in [-0.2, -0.15) is 12.6 Å². The highest BCUT2D eigenvalue weighted by atomic mass is 32.1. The first kappa shape index (κ1) is 10.3. The van der Waals surface area contributed by atoms with E-state index in [2.05, 4.69) is 19.2 Å². The highest BCUT2D eigenvalue weighted by Crippen LogP contribution is 2.30. The van der Waals surface area contributed by atoms with E-state index in [9.17, 15) is 4.79 Å². The largest absolute Gasteiger partial charge is 0.308 e. The fourth-order valence-electron chi connectivity index (χ4n) is 1.80. The van der Waals surface area contributed by atoms with Crippen molar-refractivity contribution in [1.82, 2.24) is 4.90 Å². The summed E-state index contributed by atoms with van der Waals surface area (Å²) in [6.45, 7) is 4.66. The molecule has 0 saturated carbocycles. The minimum atomic E-state index is 0.0670. The maximum atomic E-state index is 12.0. The minimum Gasteiger partial charge on any atom is -0.308 e.